The van der Waals surface area contributed by atoms with Crippen molar-refractivity contribution >= 4 is 17.5 Å². The van der Waals surface area contributed by atoms with E-state index in [1.807, 2.05) is 61.5 Å². The lowest BCUT2D eigenvalue weighted by Gasteiger charge is -2.36. The molecule has 5 heteroatoms. The van der Waals surface area contributed by atoms with Crippen LogP contribution in [-0.4, -0.2) is 49.4 Å². The van der Waals surface area contributed by atoms with E-state index in [2.05, 4.69) is 5.32 Å². The summed E-state index contributed by atoms with van der Waals surface area (Å²) in [6.07, 6.45) is 0. The number of carbonyl (C=O) groups excluding carboxylic acids is 2. The highest BCUT2D eigenvalue weighted by molar-refractivity contribution is 6.01. The Hall–Kier alpha value is -2.66. The second kappa shape index (κ2) is 7.49. The van der Waals surface area contributed by atoms with Crippen LogP contribution in [0.4, 0.5) is 5.69 Å². The standard InChI is InChI=1S/C20H23N3O2/c1-15(21-2)20(25)22-12-13-23(19(24)14-22)18-11-7-6-10-17(18)16-8-4-3-5-9-16/h3-11,15,21H,12-14H2,1-2H3/t15-/m0/s1. The minimum atomic E-state index is -0.282. The van der Waals surface area contributed by atoms with Crippen LogP contribution in [0.5, 0.6) is 0 Å². The first-order chi connectivity index (χ1) is 12.1. The fourth-order valence-corrected chi connectivity index (χ4v) is 3.08. The van der Waals surface area contributed by atoms with Gasteiger partial charge in [0.25, 0.3) is 0 Å². The topological polar surface area (TPSA) is 52.7 Å². The van der Waals surface area contributed by atoms with Crippen molar-refractivity contribution in [2.75, 3.05) is 31.6 Å². The molecule has 1 N–H and O–H groups in total. The third kappa shape index (κ3) is 3.56. The number of rotatable bonds is 4. The largest absolute Gasteiger partial charge is 0.330 e. The van der Waals surface area contributed by atoms with Gasteiger partial charge < -0.3 is 15.1 Å². The highest BCUT2D eigenvalue weighted by Crippen LogP contribution is 2.31. The van der Waals surface area contributed by atoms with Crippen LogP contribution >= 0.6 is 0 Å². The number of amides is 2. The molecule has 1 heterocycles. The van der Waals surface area contributed by atoms with Gasteiger partial charge in [0, 0.05) is 18.7 Å². The summed E-state index contributed by atoms with van der Waals surface area (Å²) in [7, 11) is 1.75. The van der Waals surface area contributed by atoms with Gasteiger partial charge in [-0.3, -0.25) is 9.59 Å². The first kappa shape index (κ1) is 17.2. The van der Waals surface area contributed by atoms with Gasteiger partial charge in [0.05, 0.1) is 11.7 Å². The summed E-state index contributed by atoms with van der Waals surface area (Å²) in [4.78, 5) is 28.4. The van der Waals surface area contributed by atoms with Gasteiger partial charge in [-0.05, 0) is 25.6 Å². The van der Waals surface area contributed by atoms with E-state index in [-0.39, 0.29) is 24.4 Å². The molecular weight excluding hydrogens is 314 g/mol. The second-order valence-corrected chi connectivity index (χ2v) is 6.20. The van der Waals surface area contributed by atoms with Gasteiger partial charge in [0.2, 0.25) is 11.8 Å². The summed E-state index contributed by atoms with van der Waals surface area (Å²) in [6, 6.07) is 17.7. The average molecular weight is 337 g/mol. The molecule has 1 aliphatic rings. The first-order valence-electron chi connectivity index (χ1n) is 8.52. The van der Waals surface area contributed by atoms with E-state index in [0.717, 1.165) is 16.8 Å². The normalized spacial score (nSPS) is 16.0. The molecule has 1 saturated heterocycles. The Labute approximate surface area is 148 Å². The minimum Gasteiger partial charge on any atom is -0.330 e. The highest BCUT2D eigenvalue weighted by Gasteiger charge is 2.30. The maximum Gasteiger partial charge on any atom is 0.246 e. The summed E-state index contributed by atoms with van der Waals surface area (Å²) < 4.78 is 0. The molecule has 0 spiro atoms. The third-order valence-corrected chi connectivity index (χ3v) is 4.62. The van der Waals surface area contributed by atoms with Gasteiger partial charge in [-0.1, -0.05) is 48.5 Å². The SMILES string of the molecule is CN[C@@H](C)C(=O)N1CCN(c2ccccc2-c2ccccc2)C(=O)C1. The van der Waals surface area contributed by atoms with E-state index < -0.39 is 0 Å². The van der Waals surface area contributed by atoms with Crippen LogP contribution < -0.4 is 10.2 Å². The maximum absolute atomic E-state index is 12.7. The minimum absolute atomic E-state index is 0.0353. The van der Waals surface area contributed by atoms with Gasteiger partial charge >= 0.3 is 0 Å². The average Bonchev–Trinajstić information content (AvgIpc) is 2.67. The molecule has 2 aromatic rings. The quantitative estimate of drug-likeness (QED) is 0.930. The number of nitrogens with one attached hydrogen (secondary N) is 1. The van der Waals surface area contributed by atoms with Crippen LogP contribution in [-0.2, 0) is 9.59 Å². The number of hydrogen-bond acceptors (Lipinski definition) is 3. The number of piperazine rings is 1. The molecule has 25 heavy (non-hydrogen) atoms. The van der Waals surface area contributed by atoms with E-state index in [1.54, 1.807) is 16.8 Å². The van der Waals surface area contributed by atoms with Crippen LogP contribution in [0, 0.1) is 0 Å². The Bertz CT molecular complexity index is 761. The van der Waals surface area contributed by atoms with Crippen LogP contribution in [0.3, 0.4) is 0 Å². The molecule has 2 amide bonds. The summed E-state index contributed by atoms with van der Waals surface area (Å²) in [5.41, 5.74) is 3.00. The molecule has 0 radical (unpaired) electrons. The Morgan fingerprint density at radius 1 is 1.04 bits per heavy atom. The van der Waals surface area contributed by atoms with Crippen molar-refractivity contribution < 1.29 is 9.59 Å². The predicted octanol–water partition coefficient (Wildman–Crippen LogP) is 2.14. The monoisotopic (exact) mass is 337 g/mol. The van der Waals surface area contributed by atoms with E-state index in [4.69, 9.17) is 0 Å². The Morgan fingerprint density at radius 3 is 2.40 bits per heavy atom. The van der Waals surface area contributed by atoms with Crippen molar-refractivity contribution in [3.05, 3.63) is 54.6 Å². The fraction of sp³-hybridized carbons (Fsp3) is 0.300. The van der Waals surface area contributed by atoms with E-state index in [1.165, 1.54) is 0 Å². The van der Waals surface area contributed by atoms with Crippen molar-refractivity contribution in [2.24, 2.45) is 0 Å². The van der Waals surface area contributed by atoms with E-state index >= 15 is 0 Å². The lowest BCUT2D eigenvalue weighted by molar-refractivity contribution is -0.138. The number of para-hydroxylation sites is 1. The van der Waals surface area contributed by atoms with E-state index in [9.17, 15) is 9.59 Å². The molecular formula is C20H23N3O2. The van der Waals surface area contributed by atoms with Gasteiger partial charge in [-0.15, -0.1) is 0 Å². The molecule has 0 aliphatic carbocycles. The van der Waals surface area contributed by atoms with Crippen molar-refractivity contribution in [1.29, 1.82) is 0 Å². The lowest BCUT2D eigenvalue weighted by atomic mass is 10.0. The van der Waals surface area contributed by atoms with Crippen LogP contribution in [0.15, 0.2) is 54.6 Å². The lowest BCUT2D eigenvalue weighted by Crippen LogP contribution is -2.55. The summed E-state index contributed by atoms with van der Waals surface area (Å²) in [5, 5.41) is 2.93. The smallest absolute Gasteiger partial charge is 0.246 e. The Kier molecular flexibility index (Phi) is 5.14. The fourth-order valence-electron chi connectivity index (χ4n) is 3.08. The van der Waals surface area contributed by atoms with Crippen LogP contribution in [0.1, 0.15) is 6.92 Å². The number of benzene rings is 2. The van der Waals surface area contributed by atoms with Crippen LogP contribution in [0.25, 0.3) is 11.1 Å². The van der Waals surface area contributed by atoms with E-state index in [0.29, 0.717) is 13.1 Å². The molecule has 0 aromatic heterocycles. The predicted molar refractivity (Wildman–Crippen MR) is 99.3 cm³/mol. The number of carbonyl (C=O) groups is 2. The summed E-state index contributed by atoms with van der Waals surface area (Å²) in [5.74, 6) is -0.0851. The summed E-state index contributed by atoms with van der Waals surface area (Å²) in [6.45, 7) is 2.97. The number of nitrogens with zero attached hydrogens (tertiary/aromatic N) is 2. The van der Waals surface area contributed by atoms with Gasteiger partial charge in [0.1, 0.15) is 6.54 Å². The third-order valence-electron chi connectivity index (χ3n) is 4.62. The van der Waals surface area contributed by atoms with Crippen molar-refractivity contribution in [3.63, 3.8) is 0 Å². The molecule has 0 saturated carbocycles. The molecule has 0 unspecified atom stereocenters. The maximum atomic E-state index is 12.7. The second-order valence-electron chi connectivity index (χ2n) is 6.20. The zero-order chi connectivity index (χ0) is 17.8. The molecule has 1 atom stereocenters. The molecule has 1 fully saturated rings. The summed E-state index contributed by atoms with van der Waals surface area (Å²) >= 11 is 0. The highest BCUT2D eigenvalue weighted by atomic mass is 16.2. The zero-order valence-electron chi connectivity index (χ0n) is 14.6. The number of anilines is 1. The number of hydrogen-bond donors (Lipinski definition) is 1. The molecule has 2 aromatic carbocycles. The van der Waals surface area contributed by atoms with Crippen molar-refractivity contribution in [1.82, 2.24) is 10.2 Å². The molecule has 5 nitrogen and oxygen atoms in total. The molecule has 1 aliphatic heterocycles. The first-order valence-corrected chi connectivity index (χ1v) is 8.52. The molecule has 3 rings (SSSR count). The Morgan fingerprint density at radius 2 is 1.72 bits per heavy atom. The zero-order valence-corrected chi connectivity index (χ0v) is 14.6. The van der Waals surface area contributed by atoms with Gasteiger partial charge in [0.15, 0.2) is 0 Å². The number of likely N-dealkylation sites (N-methyl/N-ethyl adjacent to an activating group) is 1. The van der Waals surface area contributed by atoms with Crippen LogP contribution in [0.2, 0.25) is 0 Å². The van der Waals surface area contributed by atoms with Crippen molar-refractivity contribution in [3.8, 4) is 11.1 Å². The van der Waals surface area contributed by atoms with Gasteiger partial charge in [-0.25, -0.2) is 0 Å². The van der Waals surface area contributed by atoms with Gasteiger partial charge in [-0.2, -0.15) is 0 Å². The van der Waals surface area contributed by atoms with Crippen molar-refractivity contribution in [2.45, 2.75) is 13.0 Å². The molecule has 0 bridgehead atoms. The molecule has 130 valence electrons. The Balaban J connectivity index is 1.83.